The van der Waals surface area contributed by atoms with Gasteiger partial charge in [0.15, 0.2) is 0 Å². The summed E-state index contributed by atoms with van der Waals surface area (Å²) in [6.45, 7) is 0.688. The van der Waals surface area contributed by atoms with E-state index in [0.717, 1.165) is 4.57 Å². The Morgan fingerprint density at radius 2 is 1.95 bits per heavy atom. The van der Waals surface area contributed by atoms with Gasteiger partial charge in [-0.25, -0.2) is 18.4 Å². The molecule has 0 saturated heterocycles. The molecule has 0 aliphatic heterocycles. The number of nitrogens with two attached hydrogens (primary N) is 1. The van der Waals surface area contributed by atoms with Crippen LogP contribution in [0.4, 0.5) is 0 Å². The zero-order chi connectivity index (χ0) is 14.6. The molecule has 0 fully saturated rings. The van der Waals surface area contributed by atoms with Crippen molar-refractivity contribution in [1.29, 1.82) is 0 Å². The third-order valence-corrected chi connectivity index (χ3v) is 3.47. The molecule has 3 N–H and O–H groups in total. The molecule has 0 aliphatic carbocycles. The Morgan fingerprint density at radius 3 is 2.53 bits per heavy atom. The number of rotatable bonds is 6. The molecule has 108 valence electrons. The highest BCUT2D eigenvalue weighted by Crippen LogP contribution is 1.89. The molecule has 0 spiro atoms. The van der Waals surface area contributed by atoms with Crippen LogP contribution in [0.2, 0.25) is 0 Å². The van der Waals surface area contributed by atoms with Gasteiger partial charge in [-0.3, -0.25) is 9.36 Å². The summed E-state index contributed by atoms with van der Waals surface area (Å²) in [6.07, 6.45) is 1.84. The van der Waals surface area contributed by atoms with Crippen molar-refractivity contribution in [3.05, 3.63) is 32.6 Å². The van der Waals surface area contributed by atoms with Gasteiger partial charge in [0.1, 0.15) is 0 Å². The van der Waals surface area contributed by atoms with E-state index in [4.69, 9.17) is 5.14 Å². The molecule has 0 radical (unpaired) electrons. The van der Waals surface area contributed by atoms with E-state index >= 15 is 0 Å². The number of primary sulfonamides is 1. The first-order valence-electron chi connectivity index (χ1n) is 5.69. The number of nitrogens with one attached hydrogen (secondary N) is 1. The van der Waals surface area contributed by atoms with Crippen molar-refractivity contribution in [3.8, 4) is 0 Å². The monoisotopic (exact) mass is 290 g/mol. The summed E-state index contributed by atoms with van der Waals surface area (Å²) in [5.41, 5.74) is -0.301. The highest BCUT2D eigenvalue weighted by Gasteiger charge is 2.06. The van der Waals surface area contributed by atoms with Gasteiger partial charge >= 0.3 is 5.69 Å². The first kappa shape index (κ1) is 15.6. The van der Waals surface area contributed by atoms with Crippen LogP contribution in [0.3, 0.4) is 0 Å². The minimum absolute atomic E-state index is 0.106. The second-order valence-electron chi connectivity index (χ2n) is 4.31. The van der Waals surface area contributed by atoms with Crippen LogP contribution in [0.5, 0.6) is 0 Å². The first-order valence-corrected chi connectivity index (χ1v) is 7.40. The summed E-state index contributed by atoms with van der Waals surface area (Å²) in [5.74, 6) is -0.106. The standard InChI is InChI=1S/C10H18N4O4S/c1-13-7-8(9(15)14(2)10(13)16)6-12-4-3-5-19(11,17)18/h7,12H,3-6H2,1-2H3,(H2,11,17,18). The summed E-state index contributed by atoms with van der Waals surface area (Å²) in [6, 6.07) is 0. The molecule has 0 unspecified atom stereocenters. The zero-order valence-corrected chi connectivity index (χ0v) is 11.7. The second kappa shape index (κ2) is 6.13. The second-order valence-corrected chi connectivity index (χ2v) is 6.04. The lowest BCUT2D eigenvalue weighted by atomic mass is 10.3. The SMILES string of the molecule is Cn1cc(CNCCCS(N)(=O)=O)c(=O)n(C)c1=O. The molecule has 0 atom stereocenters. The van der Waals surface area contributed by atoms with Crippen LogP contribution in [0.1, 0.15) is 12.0 Å². The van der Waals surface area contributed by atoms with Gasteiger partial charge in [0, 0.05) is 32.4 Å². The molecule has 9 heteroatoms. The molecule has 19 heavy (non-hydrogen) atoms. The smallest absolute Gasteiger partial charge is 0.312 e. The predicted octanol–water partition coefficient (Wildman–Crippen LogP) is -2.15. The fourth-order valence-corrected chi connectivity index (χ4v) is 2.17. The highest BCUT2D eigenvalue weighted by atomic mass is 32.2. The van der Waals surface area contributed by atoms with E-state index in [1.807, 2.05) is 0 Å². The average molecular weight is 290 g/mol. The third-order valence-electron chi connectivity index (χ3n) is 2.62. The van der Waals surface area contributed by atoms with E-state index in [1.165, 1.54) is 17.8 Å². The van der Waals surface area contributed by atoms with Crippen molar-refractivity contribution < 1.29 is 8.42 Å². The van der Waals surface area contributed by atoms with Crippen LogP contribution in [0.25, 0.3) is 0 Å². The lowest BCUT2D eigenvalue weighted by Gasteiger charge is -2.07. The molecule has 0 aromatic carbocycles. The summed E-state index contributed by atoms with van der Waals surface area (Å²) < 4.78 is 23.8. The third kappa shape index (κ3) is 4.62. The molecule has 0 amide bonds. The van der Waals surface area contributed by atoms with Crippen molar-refractivity contribution in [2.24, 2.45) is 19.2 Å². The van der Waals surface area contributed by atoms with E-state index in [9.17, 15) is 18.0 Å². The molecular formula is C10H18N4O4S. The summed E-state index contributed by atoms with van der Waals surface area (Å²) in [7, 11) is -0.474. The van der Waals surface area contributed by atoms with Crippen molar-refractivity contribution in [3.63, 3.8) is 0 Å². The number of hydrogen-bond donors (Lipinski definition) is 2. The summed E-state index contributed by atoms with van der Waals surface area (Å²) >= 11 is 0. The van der Waals surface area contributed by atoms with Gasteiger partial charge in [-0.1, -0.05) is 0 Å². The van der Waals surface area contributed by atoms with E-state index in [1.54, 1.807) is 7.05 Å². The quantitative estimate of drug-likeness (QED) is 0.580. The van der Waals surface area contributed by atoms with Crippen LogP contribution in [-0.2, 0) is 30.7 Å². The topological polar surface area (TPSA) is 116 Å². The van der Waals surface area contributed by atoms with Crippen LogP contribution < -0.4 is 21.7 Å². The van der Waals surface area contributed by atoms with Crippen LogP contribution in [0.15, 0.2) is 15.8 Å². The maximum atomic E-state index is 11.8. The number of sulfonamides is 1. The van der Waals surface area contributed by atoms with Crippen molar-refractivity contribution in [2.75, 3.05) is 12.3 Å². The predicted molar refractivity (Wildman–Crippen MR) is 71.2 cm³/mol. The van der Waals surface area contributed by atoms with E-state index < -0.39 is 10.0 Å². The lowest BCUT2D eigenvalue weighted by molar-refractivity contribution is 0.588. The molecule has 1 rings (SSSR count). The van der Waals surface area contributed by atoms with Gasteiger partial charge in [-0.05, 0) is 13.0 Å². The fourth-order valence-electron chi connectivity index (χ4n) is 1.63. The Balaban J connectivity index is 2.60. The molecular weight excluding hydrogens is 272 g/mol. The summed E-state index contributed by atoms with van der Waals surface area (Å²) in [4.78, 5) is 23.2. The van der Waals surface area contributed by atoms with E-state index in [-0.39, 0.29) is 23.5 Å². The van der Waals surface area contributed by atoms with E-state index in [0.29, 0.717) is 18.5 Å². The molecule has 0 bridgehead atoms. The summed E-state index contributed by atoms with van der Waals surface area (Å²) in [5, 5.41) is 7.80. The normalized spacial score (nSPS) is 11.7. The molecule has 1 aromatic heterocycles. The van der Waals surface area contributed by atoms with Crippen LogP contribution >= 0.6 is 0 Å². The Labute approximate surface area is 110 Å². The fraction of sp³-hybridized carbons (Fsp3) is 0.600. The van der Waals surface area contributed by atoms with Crippen molar-refractivity contribution >= 4 is 10.0 Å². The number of aryl methyl sites for hydroxylation is 1. The van der Waals surface area contributed by atoms with Crippen molar-refractivity contribution in [2.45, 2.75) is 13.0 Å². The number of hydrogen-bond acceptors (Lipinski definition) is 5. The molecule has 1 heterocycles. The molecule has 0 aliphatic rings. The van der Waals surface area contributed by atoms with Gasteiger partial charge in [-0.2, -0.15) is 0 Å². The van der Waals surface area contributed by atoms with Gasteiger partial charge in [0.25, 0.3) is 5.56 Å². The first-order chi connectivity index (χ1) is 8.72. The van der Waals surface area contributed by atoms with Crippen LogP contribution in [0, 0.1) is 0 Å². The highest BCUT2D eigenvalue weighted by molar-refractivity contribution is 7.89. The Kier molecular flexibility index (Phi) is 5.04. The molecule has 1 aromatic rings. The average Bonchev–Trinajstić information content (AvgIpc) is 2.31. The molecule has 8 nitrogen and oxygen atoms in total. The largest absolute Gasteiger partial charge is 0.330 e. The van der Waals surface area contributed by atoms with Gasteiger partial charge in [0.05, 0.1) is 5.75 Å². The minimum atomic E-state index is -3.45. The lowest BCUT2D eigenvalue weighted by Crippen LogP contribution is -2.39. The van der Waals surface area contributed by atoms with Gasteiger partial charge in [-0.15, -0.1) is 0 Å². The minimum Gasteiger partial charge on any atom is -0.312 e. The maximum Gasteiger partial charge on any atom is 0.330 e. The van der Waals surface area contributed by atoms with E-state index in [2.05, 4.69) is 5.32 Å². The Hall–Kier alpha value is -1.45. The maximum absolute atomic E-state index is 11.8. The van der Waals surface area contributed by atoms with Gasteiger partial charge in [0.2, 0.25) is 10.0 Å². The van der Waals surface area contributed by atoms with Crippen LogP contribution in [-0.4, -0.2) is 29.8 Å². The zero-order valence-electron chi connectivity index (χ0n) is 10.9. The van der Waals surface area contributed by atoms with Crippen molar-refractivity contribution in [1.82, 2.24) is 14.5 Å². The van der Waals surface area contributed by atoms with Gasteiger partial charge < -0.3 is 9.88 Å². The Bertz CT molecular complexity index is 659. The molecule has 0 saturated carbocycles. The Morgan fingerprint density at radius 1 is 1.32 bits per heavy atom. The number of aromatic nitrogens is 2. The number of nitrogens with zero attached hydrogens (tertiary/aromatic N) is 2.